The summed E-state index contributed by atoms with van der Waals surface area (Å²) in [7, 11) is 1.65. The maximum Gasteiger partial charge on any atom is 0.132 e. The first-order chi connectivity index (χ1) is 9.62. The number of hydrogen-bond acceptors (Lipinski definition) is 5. The molecule has 1 aromatic heterocycles. The highest BCUT2D eigenvalue weighted by atomic mass is 16.5. The maximum absolute atomic E-state index is 10.3. The van der Waals surface area contributed by atoms with Crippen molar-refractivity contribution in [3.8, 4) is 0 Å². The number of hydrogen-bond donors (Lipinski definition) is 2. The zero-order valence-electron chi connectivity index (χ0n) is 12.5. The Kier molecular flexibility index (Phi) is 5.31. The fourth-order valence-electron chi connectivity index (χ4n) is 2.53. The first kappa shape index (κ1) is 15.2. The number of anilines is 1. The van der Waals surface area contributed by atoms with E-state index in [1.165, 1.54) is 24.8 Å². The molecule has 1 atom stereocenters. The molecular weight excluding hydrogens is 254 g/mol. The fourth-order valence-corrected chi connectivity index (χ4v) is 2.53. The van der Waals surface area contributed by atoms with Crippen LogP contribution in [0.15, 0.2) is 6.33 Å². The standard InChI is InChI=1S/C15H25N3O2/c1-15(19,8-9-20-2)10-16-14-12-6-4-3-5-7-13(12)17-11-18-14/h11,19H,3-10H2,1-2H3,(H,16,17,18). The third-order valence-corrected chi connectivity index (χ3v) is 3.86. The van der Waals surface area contributed by atoms with E-state index in [0.717, 1.165) is 24.4 Å². The van der Waals surface area contributed by atoms with Crippen LogP contribution in [0, 0.1) is 0 Å². The van der Waals surface area contributed by atoms with Crippen LogP contribution in [0.1, 0.15) is 43.9 Å². The molecule has 1 unspecified atom stereocenters. The Balaban J connectivity index is 2.02. The molecule has 0 spiro atoms. The summed E-state index contributed by atoms with van der Waals surface area (Å²) in [6.07, 6.45) is 7.93. The molecule has 0 bridgehead atoms. The molecule has 0 aromatic carbocycles. The molecule has 2 rings (SSSR count). The molecule has 0 saturated heterocycles. The van der Waals surface area contributed by atoms with E-state index < -0.39 is 5.60 Å². The normalized spacial score (nSPS) is 17.9. The van der Waals surface area contributed by atoms with Crippen molar-refractivity contribution in [3.05, 3.63) is 17.6 Å². The third kappa shape index (κ3) is 4.15. The van der Waals surface area contributed by atoms with Gasteiger partial charge in [0, 0.05) is 37.9 Å². The lowest BCUT2D eigenvalue weighted by Gasteiger charge is -2.24. The van der Waals surface area contributed by atoms with Crippen molar-refractivity contribution >= 4 is 5.82 Å². The van der Waals surface area contributed by atoms with Crippen molar-refractivity contribution in [2.75, 3.05) is 25.6 Å². The first-order valence-electron chi connectivity index (χ1n) is 7.40. The van der Waals surface area contributed by atoms with Crippen LogP contribution in [0.2, 0.25) is 0 Å². The van der Waals surface area contributed by atoms with Crippen LogP contribution in [0.3, 0.4) is 0 Å². The molecule has 1 aliphatic carbocycles. The van der Waals surface area contributed by atoms with Gasteiger partial charge in [0.05, 0.1) is 5.60 Å². The van der Waals surface area contributed by atoms with Gasteiger partial charge < -0.3 is 15.2 Å². The number of nitrogens with zero attached hydrogens (tertiary/aromatic N) is 2. The summed E-state index contributed by atoms with van der Waals surface area (Å²) in [6, 6.07) is 0. The van der Waals surface area contributed by atoms with Gasteiger partial charge in [-0.2, -0.15) is 0 Å². The second-order valence-corrected chi connectivity index (χ2v) is 5.80. The molecule has 0 aliphatic heterocycles. The van der Waals surface area contributed by atoms with Crippen LogP contribution in [0.4, 0.5) is 5.82 Å². The monoisotopic (exact) mass is 279 g/mol. The number of fused-ring (bicyclic) bond motifs is 1. The van der Waals surface area contributed by atoms with E-state index in [1.807, 2.05) is 6.92 Å². The van der Waals surface area contributed by atoms with Gasteiger partial charge in [0.25, 0.3) is 0 Å². The number of aryl methyl sites for hydroxylation is 1. The quantitative estimate of drug-likeness (QED) is 0.779. The minimum Gasteiger partial charge on any atom is -0.388 e. The molecular formula is C15H25N3O2. The van der Waals surface area contributed by atoms with Crippen LogP contribution < -0.4 is 5.32 Å². The van der Waals surface area contributed by atoms with E-state index in [2.05, 4.69) is 15.3 Å². The molecule has 0 radical (unpaired) electrons. The highest BCUT2D eigenvalue weighted by Crippen LogP contribution is 2.24. The van der Waals surface area contributed by atoms with E-state index in [-0.39, 0.29) is 0 Å². The number of aliphatic hydroxyl groups is 1. The van der Waals surface area contributed by atoms with Gasteiger partial charge >= 0.3 is 0 Å². The maximum atomic E-state index is 10.3. The van der Waals surface area contributed by atoms with E-state index in [1.54, 1.807) is 13.4 Å². The highest BCUT2D eigenvalue weighted by molar-refractivity contribution is 5.46. The Morgan fingerprint density at radius 2 is 2.10 bits per heavy atom. The first-order valence-corrected chi connectivity index (χ1v) is 7.40. The highest BCUT2D eigenvalue weighted by Gasteiger charge is 2.21. The SMILES string of the molecule is COCCC(C)(O)CNc1ncnc2c1CCCCC2. The average molecular weight is 279 g/mol. The predicted octanol–water partition coefficient (Wildman–Crippen LogP) is 1.94. The van der Waals surface area contributed by atoms with Crippen LogP contribution in [0.5, 0.6) is 0 Å². The van der Waals surface area contributed by atoms with Gasteiger partial charge in [-0.25, -0.2) is 9.97 Å². The Hall–Kier alpha value is -1.20. The predicted molar refractivity (Wildman–Crippen MR) is 78.9 cm³/mol. The van der Waals surface area contributed by atoms with Gasteiger partial charge in [-0.1, -0.05) is 6.42 Å². The van der Waals surface area contributed by atoms with Crippen LogP contribution >= 0.6 is 0 Å². The van der Waals surface area contributed by atoms with Crippen molar-refractivity contribution < 1.29 is 9.84 Å². The van der Waals surface area contributed by atoms with Crippen molar-refractivity contribution in [1.82, 2.24) is 9.97 Å². The van der Waals surface area contributed by atoms with Gasteiger partial charge in [0.1, 0.15) is 12.1 Å². The summed E-state index contributed by atoms with van der Waals surface area (Å²) in [5, 5.41) is 13.6. The largest absolute Gasteiger partial charge is 0.388 e. The van der Waals surface area contributed by atoms with Gasteiger partial charge in [0.15, 0.2) is 0 Å². The topological polar surface area (TPSA) is 67.3 Å². The molecule has 112 valence electrons. The molecule has 1 aromatic rings. The Bertz CT molecular complexity index is 435. The molecule has 0 amide bonds. The second-order valence-electron chi connectivity index (χ2n) is 5.80. The van der Waals surface area contributed by atoms with Gasteiger partial charge in [-0.3, -0.25) is 0 Å². The van der Waals surface area contributed by atoms with Crippen LogP contribution in [-0.2, 0) is 17.6 Å². The molecule has 0 saturated carbocycles. The molecule has 0 fully saturated rings. The lowest BCUT2D eigenvalue weighted by molar-refractivity contribution is 0.0357. The number of nitrogens with one attached hydrogen (secondary N) is 1. The van der Waals surface area contributed by atoms with E-state index in [0.29, 0.717) is 19.6 Å². The molecule has 5 heteroatoms. The zero-order valence-corrected chi connectivity index (χ0v) is 12.5. The summed E-state index contributed by atoms with van der Waals surface area (Å²) in [4.78, 5) is 8.75. The number of rotatable bonds is 6. The Morgan fingerprint density at radius 1 is 1.30 bits per heavy atom. The molecule has 2 N–H and O–H groups in total. The van der Waals surface area contributed by atoms with Crippen molar-refractivity contribution in [3.63, 3.8) is 0 Å². The fraction of sp³-hybridized carbons (Fsp3) is 0.733. The smallest absolute Gasteiger partial charge is 0.132 e. The lowest BCUT2D eigenvalue weighted by atomic mass is 10.0. The summed E-state index contributed by atoms with van der Waals surface area (Å²) in [5.41, 5.74) is 1.60. The van der Waals surface area contributed by atoms with Crippen LogP contribution in [-0.4, -0.2) is 40.9 Å². The molecule has 20 heavy (non-hydrogen) atoms. The second kappa shape index (κ2) is 6.99. The van der Waals surface area contributed by atoms with Crippen molar-refractivity contribution in [2.45, 2.75) is 51.0 Å². The van der Waals surface area contributed by atoms with E-state index >= 15 is 0 Å². The minimum atomic E-state index is -0.793. The van der Waals surface area contributed by atoms with Gasteiger partial charge in [0.2, 0.25) is 0 Å². The lowest BCUT2D eigenvalue weighted by Crippen LogP contribution is -2.35. The number of methoxy groups -OCH3 is 1. The van der Waals surface area contributed by atoms with Crippen LogP contribution in [0.25, 0.3) is 0 Å². The molecule has 1 heterocycles. The molecule has 1 aliphatic rings. The molecule has 5 nitrogen and oxygen atoms in total. The van der Waals surface area contributed by atoms with Crippen molar-refractivity contribution in [1.29, 1.82) is 0 Å². The number of aromatic nitrogens is 2. The summed E-state index contributed by atoms with van der Waals surface area (Å²) in [5.74, 6) is 0.884. The third-order valence-electron chi connectivity index (χ3n) is 3.86. The number of ether oxygens (including phenoxy) is 1. The average Bonchev–Trinajstić information content (AvgIpc) is 2.68. The summed E-state index contributed by atoms with van der Waals surface area (Å²) in [6.45, 7) is 2.84. The van der Waals surface area contributed by atoms with E-state index in [4.69, 9.17) is 4.74 Å². The Morgan fingerprint density at radius 3 is 2.90 bits per heavy atom. The summed E-state index contributed by atoms with van der Waals surface area (Å²) >= 11 is 0. The van der Waals surface area contributed by atoms with Crippen molar-refractivity contribution in [2.24, 2.45) is 0 Å². The Labute approximate surface area is 120 Å². The minimum absolute atomic E-state index is 0.472. The van der Waals surface area contributed by atoms with Gasteiger partial charge in [-0.05, 0) is 32.6 Å². The summed E-state index contributed by atoms with van der Waals surface area (Å²) < 4.78 is 5.02. The van der Waals surface area contributed by atoms with Gasteiger partial charge in [-0.15, -0.1) is 0 Å². The zero-order chi connectivity index (χ0) is 14.4. The van der Waals surface area contributed by atoms with E-state index in [9.17, 15) is 5.11 Å².